The van der Waals surface area contributed by atoms with Gasteiger partial charge in [0.05, 0.1) is 0 Å². The summed E-state index contributed by atoms with van der Waals surface area (Å²) in [4.78, 5) is 13.9. The molecule has 130 valence electrons. The van der Waals surface area contributed by atoms with Crippen LogP contribution in [0.25, 0.3) is 11.4 Å². The highest BCUT2D eigenvalue weighted by atomic mass is 15.4. The number of hydrazine groups is 1. The summed E-state index contributed by atoms with van der Waals surface area (Å²) in [5, 5.41) is 3.78. The summed E-state index contributed by atoms with van der Waals surface area (Å²) in [5.41, 5.74) is 10.3. The largest absolute Gasteiger partial charge is 0.367 e. The fourth-order valence-corrected chi connectivity index (χ4v) is 4.51. The van der Waals surface area contributed by atoms with E-state index >= 15 is 0 Å². The van der Waals surface area contributed by atoms with Gasteiger partial charge in [-0.15, -0.1) is 0 Å². The molecule has 3 unspecified atom stereocenters. The molecule has 2 aliphatic carbocycles. The first-order chi connectivity index (χ1) is 12.4. The van der Waals surface area contributed by atoms with Crippen molar-refractivity contribution >= 4 is 5.82 Å². The minimum absolute atomic E-state index is 0.507. The van der Waals surface area contributed by atoms with Crippen LogP contribution in [0, 0.1) is 5.92 Å². The van der Waals surface area contributed by atoms with Gasteiger partial charge in [0.2, 0.25) is 0 Å². The van der Waals surface area contributed by atoms with Crippen molar-refractivity contribution in [1.82, 2.24) is 25.8 Å². The quantitative estimate of drug-likeness (QED) is 0.797. The van der Waals surface area contributed by atoms with Crippen LogP contribution in [0.15, 0.2) is 24.5 Å². The predicted molar refractivity (Wildman–Crippen MR) is 97.0 cm³/mol. The summed E-state index contributed by atoms with van der Waals surface area (Å²) in [6.45, 7) is 1.08. The molecule has 0 aromatic carbocycles. The Balaban J connectivity index is 1.43. The van der Waals surface area contributed by atoms with E-state index in [1.807, 2.05) is 12.1 Å². The molecule has 1 saturated carbocycles. The first-order valence-corrected chi connectivity index (χ1v) is 9.42. The summed E-state index contributed by atoms with van der Waals surface area (Å²) in [6, 6.07) is 5.12. The third-order valence-corrected chi connectivity index (χ3v) is 5.85. The van der Waals surface area contributed by atoms with Gasteiger partial charge in [0, 0.05) is 47.8 Å². The molecule has 3 aliphatic rings. The van der Waals surface area contributed by atoms with E-state index < -0.39 is 0 Å². The van der Waals surface area contributed by atoms with E-state index in [9.17, 15) is 0 Å². The van der Waals surface area contributed by atoms with Gasteiger partial charge in [-0.3, -0.25) is 15.8 Å². The molecular formula is C19H24N6. The Hall–Kier alpha value is -2.05. The van der Waals surface area contributed by atoms with Crippen LogP contribution in [0.4, 0.5) is 5.82 Å². The molecule has 1 aliphatic heterocycles. The Morgan fingerprint density at radius 1 is 1.08 bits per heavy atom. The molecule has 0 bridgehead atoms. The summed E-state index contributed by atoms with van der Waals surface area (Å²) >= 11 is 0. The number of aryl methyl sites for hydroxylation is 1. The van der Waals surface area contributed by atoms with Crippen molar-refractivity contribution in [2.75, 3.05) is 11.9 Å². The van der Waals surface area contributed by atoms with Crippen LogP contribution in [0.1, 0.15) is 36.9 Å². The van der Waals surface area contributed by atoms with E-state index in [2.05, 4.69) is 21.2 Å². The molecule has 5 rings (SSSR count). The van der Waals surface area contributed by atoms with Gasteiger partial charge in [-0.1, -0.05) is 0 Å². The fraction of sp³-hybridized carbons (Fsp3) is 0.526. The Bertz CT molecular complexity index is 762. The number of nitrogens with one attached hydrogen (secondary N) is 3. The van der Waals surface area contributed by atoms with Crippen LogP contribution in [0.2, 0.25) is 0 Å². The van der Waals surface area contributed by atoms with E-state index in [-0.39, 0.29) is 0 Å². The first-order valence-electron chi connectivity index (χ1n) is 9.42. The molecule has 2 aromatic heterocycles. The van der Waals surface area contributed by atoms with Gasteiger partial charge in [-0.05, 0) is 56.6 Å². The maximum atomic E-state index is 4.91. The van der Waals surface area contributed by atoms with Crippen molar-refractivity contribution in [2.24, 2.45) is 5.92 Å². The molecule has 3 atom stereocenters. The number of hydrogen-bond acceptors (Lipinski definition) is 6. The maximum Gasteiger partial charge on any atom is 0.161 e. The van der Waals surface area contributed by atoms with Gasteiger partial charge >= 0.3 is 0 Å². The fourth-order valence-electron chi connectivity index (χ4n) is 4.51. The molecule has 2 fully saturated rings. The summed E-state index contributed by atoms with van der Waals surface area (Å²) in [5.74, 6) is 2.61. The lowest BCUT2D eigenvalue weighted by molar-refractivity contribution is 0.314. The summed E-state index contributed by atoms with van der Waals surface area (Å²) in [7, 11) is 0. The zero-order valence-electron chi connectivity index (χ0n) is 14.3. The number of rotatable bonds is 3. The molecule has 0 radical (unpaired) electrons. The normalized spacial score (nSPS) is 27.8. The Morgan fingerprint density at radius 2 is 2.00 bits per heavy atom. The third kappa shape index (κ3) is 2.89. The van der Waals surface area contributed by atoms with E-state index in [0.29, 0.717) is 12.1 Å². The van der Waals surface area contributed by atoms with E-state index in [0.717, 1.165) is 42.5 Å². The highest BCUT2D eigenvalue weighted by Crippen LogP contribution is 2.33. The predicted octanol–water partition coefficient (Wildman–Crippen LogP) is 2.08. The topological polar surface area (TPSA) is 74.8 Å². The van der Waals surface area contributed by atoms with E-state index in [1.165, 1.54) is 36.9 Å². The molecule has 3 heterocycles. The average Bonchev–Trinajstić information content (AvgIpc) is 3.31. The van der Waals surface area contributed by atoms with Crippen LogP contribution < -0.4 is 16.2 Å². The molecule has 3 N–H and O–H groups in total. The molecular weight excluding hydrogens is 312 g/mol. The lowest BCUT2D eigenvalue weighted by Gasteiger charge is -2.32. The molecule has 6 heteroatoms. The zero-order chi connectivity index (χ0) is 16.6. The van der Waals surface area contributed by atoms with Crippen LogP contribution in [-0.2, 0) is 12.8 Å². The lowest BCUT2D eigenvalue weighted by Crippen LogP contribution is -2.39. The van der Waals surface area contributed by atoms with Crippen LogP contribution in [-0.4, -0.2) is 33.6 Å². The van der Waals surface area contributed by atoms with Gasteiger partial charge in [0.1, 0.15) is 5.82 Å². The van der Waals surface area contributed by atoms with Crippen molar-refractivity contribution in [1.29, 1.82) is 0 Å². The van der Waals surface area contributed by atoms with Crippen LogP contribution in [0.3, 0.4) is 0 Å². The molecule has 0 amide bonds. The van der Waals surface area contributed by atoms with Crippen LogP contribution >= 0.6 is 0 Å². The SMILES string of the molecule is c1cc(-c2nc3c(c(NC4CCC5NNCC5C4)n2)CCC3)ccn1. The summed E-state index contributed by atoms with van der Waals surface area (Å²) < 4.78 is 0. The number of nitrogens with zero attached hydrogens (tertiary/aromatic N) is 3. The summed E-state index contributed by atoms with van der Waals surface area (Å²) in [6.07, 6.45) is 10.6. The van der Waals surface area contributed by atoms with Gasteiger partial charge in [0.15, 0.2) is 5.82 Å². The Kier molecular flexibility index (Phi) is 3.87. The van der Waals surface area contributed by atoms with Crippen molar-refractivity contribution in [3.63, 3.8) is 0 Å². The van der Waals surface area contributed by atoms with Gasteiger partial charge in [-0.2, -0.15) is 0 Å². The first kappa shape index (κ1) is 15.2. The van der Waals surface area contributed by atoms with Crippen molar-refractivity contribution in [3.05, 3.63) is 35.8 Å². The van der Waals surface area contributed by atoms with Crippen molar-refractivity contribution in [2.45, 2.75) is 50.6 Å². The van der Waals surface area contributed by atoms with Crippen molar-refractivity contribution in [3.8, 4) is 11.4 Å². The lowest BCUT2D eigenvalue weighted by atomic mass is 9.83. The highest BCUT2D eigenvalue weighted by molar-refractivity contribution is 5.60. The molecule has 1 saturated heterocycles. The second kappa shape index (κ2) is 6.35. The monoisotopic (exact) mass is 336 g/mol. The highest BCUT2D eigenvalue weighted by Gasteiger charge is 2.34. The number of anilines is 1. The number of fused-ring (bicyclic) bond motifs is 2. The van der Waals surface area contributed by atoms with E-state index in [4.69, 9.17) is 9.97 Å². The maximum absolute atomic E-state index is 4.91. The average molecular weight is 336 g/mol. The van der Waals surface area contributed by atoms with Gasteiger partial charge < -0.3 is 5.32 Å². The smallest absolute Gasteiger partial charge is 0.161 e. The number of pyridine rings is 1. The Labute approximate surface area is 147 Å². The Morgan fingerprint density at radius 3 is 2.92 bits per heavy atom. The second-order valence-corrected chi connectivity index (χ2v) is 7.46. The third-order valence-electron chi connectivity index (χ3n) is 5.85. The van der Waals surface area contributed by atoms with Crippen molar-refractivity contribution < 1.29 is 0 Å². The van der Waals surface area contributed by atoms with Gasteiger partial charge in [-0.25, -0.2) is 9.97 Å². The zero-order valence-corrected chi connectivity index (χ0v) is 14.3. The molecule has 6 nitrogen and oxygen atoms in total. The standard InChI is InChI=1S/C19H24N6/c1-2-15-17(3-1)23-18(12-6-8-20-9-7-12)24-19(15)22-14-4-5-16-13(10-14)11-21-25-16/h6-9,13-14,16,21,25H,1-5,10-11H2,(H,22,23,24). The minimum Gasteiger partial charge on any atom is -0.367 e. The molecule has 2 aromatic rings. The van der Waals surface area contributed by atoms with Crippen LogP contribution in [0.5, 0.6) is 0 Å². The minimum atomic E-state index is 0.507. The number of aromatic nitrogens is 3. The molecule has 25 heavy (non-hydrogen) atoms. The van der Waals surface area contributed by atoms with Gasteiger partial charge in [0.25, 0.3) is 0 Å². The van der Waals surface area contributed by atoms with E-state index in [1.54, 1.807) is 12.4 Å². The second-order valence-electron chi connectivity index (χ2n) is 7.46. The number of hydrogen-bond donors (Lipinski definition) is 3. The molecule has 0 spiro atoms.